The van der Waals surface area contributed by atoms with Gasteiger partial charge in [0.15, 0.2) is 11.5 Å². The Morgan fingerprint density at radius 2 is 2.31 bits per heavy atom. The maximum Gasteiger partial charge on any atom is 0.335 e. The van der Waals surface area contributed by atoms with Gasteiger partial charge in [0.25, 0.3) is 0 Å². The number of aromatic carboxylic acids is 1. The van der Waals surface area contributed by atoms with Crippen LogP contribution in [0.15, 0.2) is 22.6 Å². The Balaban J connectivity index is 2.07. The van der Waals surface area contributed by atoms with Crippen LogP contribution in [0.5, 0.6) is 0 Å². The fourth-order valence-electron chi connectivity index (χ4n) is 1.90. The number of rotatable bonds is 2. The predicted octanol–water partition coefficient (Wildman–Crippen LogP) is 2.65. The van der Waals surface area contributed by atoms with E-state index < -0.39 is 5.97 Å². The zero-order valence-electron chi connectivity index (χ0n) is 8.80. The van der Waals surface area contributed by atoms with Crippen molar-refractivity contribution in [2.24, 2.45) is 5.92 Å². The number of hydrogen-bond acceptors (Lipinski definition) is 3. The van der Waals surface area contributed by atoms with E-state index in [4.69, 9.17) is 9.52 Å². The Kier molecular flexibility index (Phi) is 1.80. The number of benzene rings is 1. The molecule has 2 atom stereocenters. The fraction of sp³-hybridized carbons (Fsp3) is 0.333. The lowest BCUT2D eigenvalue weighted by Gasteiger charge is -1.91. The smallest absolute Gasteiger partial charge is 0.335 e. The van der Waals surface area contributed by atoms with E-state index >= 15 is 0 Å². The molecular weight excluding hydrogens is 206 g/mol. The Morgan fingerprint density at radius 3 is 2.94 bits per heavy atom. The molecule has 1 N–H and O–H groups in total. The minimum atomic E-state index is -0.939. The van der Waals surface area contributed by atoms with Crippen LogP contribution in [0.25, 0.3) is 11.1 Å². The molecule has 1 aromatic carbocycles. The van der Waals surface area contributed by atoms with Crippen LogP contribution < -0.4 is 0 Å². The first-order valence-electron chi connectivity index (χ1n) is 5.29. The Hall–Kier alpha value is -1.84. The molecule has 1 fully saturated rings. The predicted molar refractivity (Wildman–Crippen MR) is 57.5 cm³/mol. The van der Waals surface area contributed by atoms with Gasteiger partial charge in [-0.1, -0.05) is 6.92 Å². The number of carbonyl (C=O) groups is 1. The number of oxazole rings is 1. The molecule has 1 aliphatic carbocycles. The van der Waals surface area contributed by atoms with Crippen molar-refractivity contribution in [3.63, 3.8) is 0 Å². The van der Waals surface area contributed by atoms with Crippen molar-refractivity contribution in [3.05, 3.63) is 29.7 Å². The summed E-state index contributed by atoms with van der Waals surface area (Å²) < 4.78 is 5.59. The van der Waals surface area contributed by atoms with Crippen LogP contribution in [0.4, 0.5) is 0 Å². The second-order valence-electron chi connectivity index (χ2n) is 4.36. The summed E-state index contributed by atoms with van der Waals surface area (Å²) >= 11 is 0. The highest BCUT2D eigenvalue weighted by Gasteiger charge is 2.38. The molecule has 1 aliphatic rings. The van der Waals surface area contributed by atoms with E-state index in [0.717, 1.165) is 12.3 Å². The van der Waals surface area contributed by atoms with Crippen LogP contribution in [0, 0.1) is 5.92 Å². The highest BCUT2D eigenvalue weighted by Crippen LogP contribution is 2.47. The molecule has 1 aromatic heterocycles. The molecule has 82 valence electrons. The van der Waals surface area contributed by atoms with Gasteiger partial charge in [-0.25, -0.2) is 9.78 Å². The standard InChI is InChI=1S/C12H11NO3/c1-6-4-8(6)11-13-9-5-7(12(14)15)2-3-10(9)16-11/h2-3,5-6,8H,4H2,1H3,(H,14,15). The summed E-state index contributed by atoms with van der Waals surface area (Å²) in [6, 6.07) is 4.76. The number of fused-ring (bicyclic) bond motifs is 1. The van der Waals surface area contributed by atoms with Crippen molar-refractivity contribution >= 4 is 17.1 Å². The molecule has 1 heterocycles. The van der Waals surface area contributed by atoms with E-state index in [1.54, 1.807) is 12.1 Å². The second-order valence-corrected chi connectivity index (χ2v) is 4.36. The van der Waals surface area contributed by atoms with Gasteiger partial charge in [0.05, 0.1) is 5.56 Å². The van der Waals surface area contributed by atoms with Gasteiger partial charge >= 0.3 is 5.97 Å². The molecule has 3 rings (SSSR count). The highest BCUT2D eigenvalue weighted by atomic mass is 16.4. The van der Waals surface area contributed by atoms with Crippen molar-refractivity contribution < 1.29 is 14.3 Å². The lowest BCUT2D eigenvalue weighted by atomic mass is 10.2. The minimum Gasteiger partial charge on any atom is -0.478 e. The van der Waals surface area contributed by atoms with Gasteiger partial charge in [0.1, 0.15) is 5.52 Å². The van der Waals surface area contributed by atoms with Crippen LogP contribution >= 0.6 is 0 Å². The zero-order chi connectivity index (χ0) is 11.3. The van der Waals surface area contributed by atoms with Gasteiger partial charge in [0.2, 0.25) is 0 Å². The van der Waals surface area contributed by atoms with Crippen LogP contribution in [0.3, 0.4) is 0 Å². The lowest BCUT2D eigenvalue weighted by Crippen LogP contribution is -1.94. The molecule has 0 amide bonds. The molecule has 4 heteroatoms. The van der Waals surface area contributed by atoms with Gasteiger partial charge in [-0.3, -0.25) is 0 Å². The fourth-order valence-corrected chi connectivity index (χ4v) is 1.90. The molecule has 2 aromatic rings. The van der Waals surface area contributed by atoms with E-state index in [-0.39, 0.29) is 5.56 Å². The second kappa shape index (κ2) is 3.07. The molecule has 0 spiro atoms. The van der Waals surface area contributed by atoms with Crippen LogP contribution in [0.1, 0.15) is 35.5 Å². The maximum absolute atomic E-state index is 10.8. The third kappa shape index (κ3) is 1.38. The molecule has 16 heavy (non-hydrogen) atoms. The number of aromatic nitrogens is 1. The first-order chi connectivity index (χ1) is 7.65. The molecule has 2 unspecified atom stereocenters. The topological polar surface area (TPSA) is 63.3 Å². The van der Waals surface area contributed by atoms with Crippen molar-refractivity contribution in [2.45, 2.75) is 19.3 Å². The maximum atomic E-state index is 10.8. The Morgan fingerprint density at radius 1 is 1.56 bits per heavy atom. The molecule has 1 saturated carbocycles. The minimum absolute atomic E-state index is 0.246. The molecule has 4 nitrogen and oxygen atoms in total. The summed E-state index contributed by atoms with van der Waals surface area (Å²) in [7, 11) is 0. The van der Waals surface area contributed by atoms with E-state index in [9.17, 15) is 4.79 Å². The van der Waals surface area contributed by atoms with Gasteiger partial charge in [-0.05, 0) is 30.5 Å². The number of hydrogen-bond donors (Lipinski definition) is 1. The lowest BCUT2D eigenvalue weighted by molar-refractivity contribution is 0.0697. The quantitative estimate of drug-likeness (QED) is 0.839. The van der Waals surface area contributed by atoms with Crippen LogP contribution in [-0.2, 0) is 0 Å². The summed E-state index contributed by atoms with van der Waals surface area (Å²) in [4.78, 5) is 15.1. The number of nitrogens with zero attached hydrogens (tertiary/aromatic N) is 1. The van der Waals surface area contributed by atoms with Crippen molar-refractivity contribution in [3.8, 4) is 0 Å². The summed E-state index contributed by atoms with van der Waals surface area (Å²) in [5.74, 6) is 0.851. The monoisotopic (exact) mass is 217 g/mol. The van der Waals surface area contributed by atoms with E-state index in [1.165, 1.54) is 6.07 Å². The molecular formula is C12H11NO3. The molecule has 0 radical (unpaired) electrons. The summed E-state index contributed by atoms with van der Waals surface area (Å²) in [6.07, 6.45) is 1.11. The normalized spacial score (nSPS) is 23.6. The Labute approximate surface area is 91.9 Å². The molecule has 0 saturated heterocycles. The number of carboxylic acids is 1. The molecule has 0 bridgehead atoms. The largest absolute Gasteiger partial charge is 0.478 e. The van der Waals surface area contributed by atoms with Gasteiger partial charge < -0.3 is 9.52 Å². The SMILES string of the molecule is CC1CC1c1nc2cc(C(=O)O)ccc2o1. The van der Waals surface area contributed by atoms with E-state index in [1.807, 2.05) is 0 Å². The summed E-state index contributed by atoms with van der Waals surface area (Å²) in [5.41, 5.74) is 1.55. The van der Waals surface area contributed by atoms with Crippen molar-refractivity contribution in [1.82, 2.24) is 4.98 Å². The number of carboxylic acid groups (broad SMARTS) is 1. The summed E-state index contributed by atoms with van der Waals surface area (Å²) in [5, 5.41) is 8.86. The van der Waals surface area contributed by atoms with Crippen LogP contribution in [-0.4, -0.2) is 16.1 Å². The van der Waals surface area contributed by atoms with Gasteiger partial charge in [0, 0.05) is 5.92 Å². The zero-order valence-corrected chi connectivity index (χ0v) is 8.80. The third-order valence-corrected chi connectivity index (χ3v) is 3.08. The average molecular weight is 217 g/mol. The first-order valence-corrected chi connectivity index (χ1v) is 5.29. The molecule has 0 aliphatic heterocycles. The van der Waals surface area contributed by atoms with Crippen LogP contribution in [0.2, 0.25) is 0 Å². The third-order valence-electron chi connectivity index (χ3n) is 3.08. The van der Waals surface area contributed by atoms with E-state index in [2.05, 4.69) is 11.9 Å². The summed E-state index contributed by atoms with van der Waals surface area (Å²) in [6.45, 7) is 2.15. The first kappa shape index (κ1) is 9.39. The van der Waals surface area contributed by atoms with Gasteiger partial charge in [-0.15, -0.1) is 0 Å². The Bertz CT molecular complexity index is 573. The highest BCUT2D eigenvalue weighted by molar-refractivity contribution is 5.91. The average Bonchev–Trinajstić information content (AvgIpc) is 2.84. The van der Waals surface area contributed by atoms with E-state index in [0.29, 0.717) is 22.9 Å². The van der Waals surface area contributed by atoms with Crippen molar-refractivity contribution in [1.29, 1.82) is 0 Å². The van der Waals surface area contributed by atoms with Crippen molar-refractivity contribution in [2.75, 3.05) is 0 Å². The van der Waals surface area contributed by atoms with Gasteiger partial charge in [-0.2, -0.15) is 0 Å².